The van der Waals surface area contributed by atoms with E-state index in [0.29, 0.717) is 16.0 Å². The van der Waals surface area contributed by atoms with Crippen molar-refractivity contribution in [3.8, 4) is 0 Å². The highest BCUT2D eigenvalue weighted by Gasteiger charge is 2.41. The molecule has 1 aliphatic rings. The second-order valence-corrected chi connectivity index (χ2v) is 5.55. The van der Waals surface area contributed by atoms with Crippen LogP contribution in [0.25, 0.3) is 0 Å². The van der Waals surface area contributed by atoms with E-state index < -0.39 is 0 Å². The number of nitrogens with one attached hydrogen (secondary N) is 1. The molecule has 3 N–H and O–H groups in total. The van der Waals surface area contributed by atoms with Gasteiger partial charge in [0.1, 0.15) is 4.88 Å². The molecule has 0 aliphatic heterocycles. The van der Waals surface area contributed by atoms with Crippen molar-refractivity contribution < 1.29 is 4.79 Å². The topological polar surface area (TPSA) is 55.1 Å². The van der Waals surface area contributed by atoms with E-state index in [1.807, 2.05) is 5.38 Å². The van der Waals surface area contributed by atoms with Gasteiger partial charge in [-0.15, -0.1) is 11.3 Å². The number of nitrogens with two attached hydrogens (primary N) is 1. The Hall–Kier alpha value is -1.03. The number of carbonyl (C=O) groups excluding carboxylic acids is 1. The maximum absolute atomic E-state index is 11.8. The van der Waals surface area contributed by atoms with Gasteiger partial charge in [0.2, 0.25) is 0 Å². The maximum atomic E-state index is 11.8. The number of hydrogen-bond donors (Lipinski definition) is 2. The van der Waals surface area contributed by atoms with Gasteiger partial charge in [-0.3, -0.25) is 4.79 Å². The van der Waals surface area contributed by atoms with Crippen LogP contribution in [0.1, 0.15) is 42.3 Å². The van der Waals surface area contributed by atoms with E-state index in [-0.39, 0.29) is 5.91 Å². The molecule has 1 heterocycles. The number of amides is 1. The van der Waals surface area contributed by atoms with Crippen LogP contribution in [0.15, 0.2) is 11.4 Å². The second kappa shape index (κ2) is 4.45. The molecule has 0 spiro atoms. The van der Waals surface area contributed by atoms with Gasteiger partial charge in [0.25, 0.3) is 5.91 Å². The molecule has 2 rings (SSSR count). The van der Waals surface area contributed by atoms with Gasteiger partial charge in [0.05, 0.1) is 5.69 Å². The van der Waals surface area contributed by atoms with Crippen LogP contribution in [0.2, 0.25) is 0 Å². The lowest BCUT2D eigenvalue weighted by Gasteiger charge is -2.14. The van der Waals surface area contributed by atoms with Gasteiger partial charge >= 0.3 is 0 Å². The van der Waals surface area contributed by atoms with Crippen molar-refractivity contribution in [2.75, 3.05) is 12.3 Å². The van der Waals surface area contributed by atoms with Crippen LogP contribution in [-0.4, -0.2) is 12.5 Å². The molecule has 1 fully saturated rings. The summed E-state index contributed by atoms with van der Waals surface area (Å²) in [7, 11) is 0. The van der Waals surface area contributed by atoms with E-state index in [0.717, 1.165) is 6.54 Å². The van der Waals surface area contributed by atoms with Crippen LogP contribution in [0.5, 0.6) is 0 Å². The van der Waals surface area contributed by atoms with Crippen molar-refractivity contribution in [1.82, 2.24) is 5.32 Å². The fraction of sp³-hybridized carbons (Fsp3) is 0.583. The molecular formula is C12H18N2OS. The fourth-order valence-electron chi connectivity index (χ4n) is 2.07. The van der Waals surface area contributed by atoms with Crippen LogP contribution in [0.4, 0.5) is 5.69 Å². The summed E-state index contributed by atoms with van der Waals surface area (Å²) in [6.45, 7) is 3.00. The Kier molecular flexibility index (Phi) is 3.19. The monoisotopic (exact) mass is 238 g/mol. The summed E-state index contributed by atoms with van der Waals surface area (Å²) in [5.41, 5.74) is 6.69. The Morgan fingerprint density at radius 1 is 1.62 bits per heavy atom. The van der Waals surface area contributed by atoms with Gasteiger partial charge in [0, 0.05) is 6.54 Å². The maximum Gasteiger partial charge on any atom is 0.263 e. The average molecular weight is 238 g/mol. The minimum Gasteiger partial charge on any atom is -0.397 e. The Morgan fingerprint density at radius 3 is 2.88 bits per heavy atom. The van der Waals surface area contributed by atoms with Gasteiger partial charge in [-0.1, -0.05) is 13.3 Å². The van der Waals surface area contributed by atoms with Crippen LogP contribution in [-0.2, 0) is 0 Å². The van der Waals surface area contributed by atoms with Gasteiger partial charge in [0.15, 0.2) is 0 Å². The van der Waals surface area contributed by atoms with Crippen molar-refractivity contribution in [2.45, 2.75) is 32.6 Å². The predicted molar refractivity (Wildman–Crippen MR) is 67.6 cm³/mol. The zero-order valence-corrected chi connectivity index (χ0v) is 10.4. The van der Waals surface area contributed by atoms with Crippen LogP contribution >= 0.6 is 11.3 Å². The first-order valence-electron chi connectivity index (χ1n) is 5.78. The Morgan fingerprint density at radius 2 is 2.38 bits per heavy atom. The van der Waals surface area contributed by atoms with E-state index in [1.54, 1.807) is 6.07 Å². The van der Waals surface area contributed by atoms with Crippen molar-refractivity contribution in [2.24, 2.45) is 5.41 Å². The van der Waals surface area contributed by atoms with E-state index in [4.69, 9.17) is 5.73 Å². The molecular weight excluding hydrogens is 220 g/mol. The Labute approximate surface area is 100 Å². The third-order valence-corrected chi connectivity index (χ3v) is 4.19. The summed E-state index contributed by atoms with van der Waals surface area (Å²) < 4.78 is 0. The molecule has 1 aromatic heterocycles. The smallest absolute Gasteiger partial charge is 0.263 e. The molecule has 1 amide bonds. The van der Waals surface area contributed by atoms with Crippen LogP contribution in [0.3, 0.4) is 0 Å². The third-order valence-electron chi connectivity index (χ3n) is 3.26. The highest BCUT2D eigenvalue weighted by atomic mass is 32.1. The second-order valence-electron chi connectivity index (χ2n) is 4.64. The molecule has 0 unspecified atom stereocenters. The van der Waals surface area contributed by atoms with Crippen molar-refractivity contribution in [1.29, 1.82) is 0 Å². The number of anilines is 1. The molecule has 0 radical (unpaired) electrons. The molecule has 1 aliphatic carbocycles. The summed E-state index contributed by atoms with van der Waals surface area (Å²) in [4.78, 5) is 12.5. The van der Waals surface area contributed by atoms with Gasteiger partial charge in [-0.05, 0) is 36.1 Å². The van der Waals surface area contributed by atoms with E-state index >= 15 is 0 Å². The number of thiophene rings is 1. The van der Waals surface area contributed by atoms with Gasteiger partial charge in [-0.25, -0.2) is 0 Å². The molecule has 4 heteroatoms. The quantitative estimate of drug-likeness (QED) is 0.828. The lowest BCUT2D eigenvalue weighted by atomic mass is 10.0. The fourth-order valence-corrected chi connectivity index (χ4v) is 2.81. The molecule has 16 heavy (non-hydrogen) atoms. The molecule has 88 valence electrons. The highest BCUT2D eigenvalue weighted by Crippen LogP contribution is 2.48. The first-order valence-corrected chi connectivity index (χ1v) is 6.66. The number of nitrogen functional groups attached to an aromatic ring is 1. The highest BCUT2D eigenvalue weighted by molar-refractivity contribution is 7.12. The summed E-state index contributed by atoms with van der Waals surface area (Å²) in [5.74, 6) is -0.0186. The SMILES string of the molecule is CCCC1(CNC(=O)c2sccc2N)CC1. The minimum absolute atomic E-state index is 0.0186. The zero-order valence-electron chi connectivity index (χ0n) is 9.58. The number of rotatable bonds is 5. The van der Waals surface area contributed by atoms with E-state index in [2.05, 4.69) is 12.2 Å². The third kappa shape index (κ3) is 2.38. The Balaban J connectivity index is 1.87. The lowest BCUT2D eigenvalue weighted by molar-refractivity contribution is 0.0948. The largest absolute Gasteiger partial charge is 0.397 e. The summed E-state index contributed by atoms with van der Waals surface area (Å²) in [6.07, 6.45) is 4.91. The Bertz CT molecular complexity index is 382. The van der Waals surface area contributed by atoms with Gasteiger partial charge < -0.3 is 11.1 Å². The van der Waals surface area contributed by atoms with Crippen LogP contribution < -0.4 is 11.1 Å². The molecule has 0 aromatic carbocycles. The molecule has 1 aromatic rings. The zero-order chi connectivity index (χ0) is 11.6. The van der Waals surface area contributed by atoms with E-state index in [1.165, 1.54) is 37.0 Å². The first kappa shape index (κ1) is 11.5. The molecule has 0 bridgehead atoms. The average Bonchev–Trinajstić information content (AvgIpc) is 2.89. The first-order chi connectivity index (χ1) is 7.67. The standard InChI is InChI=1S/C12H18N2OS/c1-2-4-12(5-6-12)8-14-11(15)10-9(13)3-7-16-10/h3,7H,2,4-6,8,13H2,1H3,(H,14,15). The van der Waals surface area contributed by atoms with Crippen molar-refractivity contribution >= 4 is 22.9 Å². The number of carbonyl (C=O) groups is 1. The lowest BCUT2D eigenvalue weighted by Crippen LogP contribution is -2.30. The van der Waals surface area contributed by atoms with Gasteiger partial charge in [-0.2, -0.15) is 0 Å². The number of hydrogen-bond acceptors (Lipinski definition) is 3. The summed E-state index contributed by atoms with van der Waals surface area (Å²) in [5, 5.41) is 4.86. The van der Waals surface area contributed by atoms with Crippen molar-refractivity contribution in [3.05, 3.63) is 16.3 Å². The minimum atomic E-state index is -0.0186. The molecule has 0 saturated heterocycles. The normalized spacial score (nSPS) is 17.1. The molecule has 0 atom stereocenters. The summed E-state index contributed by atoms with van der Waals surface area (Å²) in [6, 6.07) is 1.78. The predicted octanol–water partition coefficient (Wildman–Crippen LogP) is 2.64. The van der Waals surface area contributed by atoms with Crippen molar-refractivity contribution in [3.63, 3.8) is 0 Å². The van der Waals surface area contributed by atoms with Crippen LogP contribution in [0, 0.1) is 5.41 Å². The summed E-state index contributed by atoms with van der Waals surface area (Å²) >= 11 is 1.40. The molecule has 1 saturated carbocycles. The van der Waals surface area contributed by atoms with E-state index in [9.17, 15) is 4.79 Å². The molecule has 3 nitrogen and oxygen atoms in total.